The predicted molar refractivity (Wildman–Crippen MR) is 119 cm³/mol. The van der Waals surface area contributed by atoms with E-state index in [4.69, 9.17) is 9.47 Å². The lowest BCUT2D eigenvalue weighted by Crippen LogP contribution is -2.46. The monoisotopic (exact) mass is 419 g/mol. The molecule has 0 saturated carbocycles. The lowest BCUT2D eigenvalue weighted by atomic mass is 10.0. The number of rotatable bonds is 5. The average Bonchev–Trinajstić information content (AvgIpc) is 2.74. The lowest BCUT2D eigenvalue weighted by molar-refractivity contribution is -0.115. The zero-order valence-electron chi connectivity index (χ0n) is 19.2. The van der Waals surface area contributed by atoms with Crippen molar-refractivity contribution in [3.8, 4) is 5.75 Å². The molecule has 1 aromatic carbocycles. The van der Waals surface area contributed by atoms with Crippen LogP contribution < -0.4 is 10.1 Å². The van der Waals surface area contributed by atoms with Gasteiger partial charge in [-0.1, -0.05) is 20.8 Å². The van der Waals surface area contributed by atoms with Crippen LogP contribution >= 0.6 is 0 Å². The Kier molecular flexibility index (Phi) is 9.11. The molecule has 1 aromatic rings. The molecule has 0 fully saturated rings. The first-order valence-electron chi connectivity index (χ1n) is 10.9. The molecule has 1 aliphatic heterocycles. The van der Waals surface area contributed by atoms with Gasteiger partial charge in [0.25, 0.3) is 5.91 Å². The van der Waals surface area contributed by atoms with E-state index in [1.165, 1.54) is 0 Å². The maximum atomic E-state index is 13.2. The van der Waals surface area contributed by atoms with Crippen LogP contribution in [0.3, 0.4) is 0 Å². The van der Waals surface area contributed by atoms with Gasteiger partial charge in [-0.25, -0.2) is 0 Å². The maximum absolute atomic E-state index is 13.2. The normalized spacial score (nSPS) is 23.7. The summed E-state index contributed by atoms with van der Waals surface area (Å²) in [6.07, 6.45) is 1.36. The molecule has 168 valence electrons. The largest absolute Gasteiger partial charge is 0.491 e. The fourth-order valence-corrected chi connectivity index (χ4v) is 3.78. The molecule has 0 radical (unpaired) electrons. The van der Waals surface area contributed by atoms with Gasteiger partial charge in [0.05, 0.1) is 11.7 Å². The smallest absolute Gasteiger partial charge is 0.257 e. The van der Waals surface area contributed by atoms with Gasteiger partial charge in [-0.3, -0.25) is 14.5 Å². The third-order valence-electron chi connectivity index (χ3n) is 5.69. The number of fused-ring (bicyclic) bond motifs is 1. The molecule has 0 bridgehead atoms. The Hall–Kier alpha value is -2.12. The van der Waals surface area contributed by atoms with E-state index in [0.29, 0.717) is 36.6 Å². The van der Waals surface area contributed by atoms with Gasteiger partial charge in [-0.2, -0.15) is 0 Å². The number of methoxy groups -OCH3 is 1. The molecule has 0 unspecified atom stereocenters. The molecule has 0 saturated heterocycles. The molecule has 1 N–H and O–H groups in total. The summed E-state index contributed by atoms with van der Waals surface area (Å²) in [5.41, 5.74) is 1.04. The summed E-state index contributed by atoms with van der Waals surface area (Å²) in [5, 5.41) is 2.82. The molecular formula is C23H37N3O4. The molecule has 30 heavy (non-hydrogen) atoms. The first-order valence-corrected chi connectivity index (χ1v) is 10.9. The van der Waals surface area contributed by atoms with E-state index < -0.39 is 0 Å². The second-order valence-corrected chi connectivity index (χ2v) is 8.20. The fraction of sp³-hybridized carbons (Fsp3) is 0.652. The van der Waals surface area contributed by atoms with Crippen LogP contribution in [0.1, 0.15) is 50.9 Å². The average molecular weight is 420 g/mol. The number of carbonyl (C=O) groups excluding carboxylic acids is 2. The summed E-state index contributed by atoms with van der Waals surface area (Å²) in [6.45, 7) is 11.1. The van der Waals surface area contributed by atoms with Crippen molar-refractivity contribution in [2.75, 3.05) is 45.7 Å². The Balaban J connectivity index is 2.40. The van der Waals surface area contributed by atoms with Gasteiger partial charge in [-0.05, 0) is 44.0 Å². The Morgan fingerprint density at radius 3 is 2.63 bits per heavy atom. The fourth-order valence-electron chi connectivity index (χ4n) is 3.78. The van der Waals surface area contributed by atoms with E-state index in [9.17, 15) is 9.59 Å². The highest BCUT2D eigenvalue weighted by molar-refractivity contribution is 5.99. The SMILES string of the molecule is CCCN1C[C@@H](C)[C@H](OC)CN(C)C(=O)c2cc(NC(=O)CC)ccc2OC[C@@H]1C. The quantitative estimate of drug-likeness (QED) is 0.793. The number of benzene rings is 1. The number of ether oxygens (including phenoxy) is 2. The molecule has 0 aromatic heterocycles. The van der Waals surface area contributed by atoms with Gasteiger partial charge in [0, 0.05) is 45.4 Å². The minimum absolute atomic E-state index is 0.0720. The topological polar surface area (TPSA) is 71.1 Å². The molecule has 0 spiro atoms. The summed E-state index contributed by atoms with van der Waals surface area (Å²) in [7, 11) is 3.48. The van der Waals surface area contributed by atoms with Crippen molar-refractivity contribution in [1.82, 2.24) is 9.80 Å². The first-order chi connectivity index (χ1) is 14.3. The van der Waals surface area contributed by atoms with Crippen LogP contribution in [0.2, 0.25) is 0 Å². The number of amides is 2. The number of nitrogens with one attached hydrogen (secondary N) is 1. The van der Waals surface area contributed by atoms with Gasteiger partial charge >= 0.3 is 0 Å². The van der Waals surface area contributed by atoms with Crippen molar-refractivity contribution in [2.24, 2.45) is 5.92 Å². The summed E-state index contributed by atoms with van der Waals surface area (Å²) in [4.78, 5) is 29.1. The minimum Gasteiger partial charge on any atom is -0.491 e. The molecule has 1 heterocycles. The highest BCUT2D eigenvalue weighted by Gasteiger charge is 2.28. The van der Waals surface area contributed by atoms with Gasteiger partial charge in [-0.15, -0.1) is 0 Å². The van der Waals surface area contributed by atoms with E-state index in [1.54, 1.807) is 44.2 Å². The number of hydrogen-bond donors (Lipinski definition) is 1. The molecule has 7 heteroatoms. The van der Waals surface area contributed by atoms with Crippen molar-refractivity contribution in [3.63, 3.8) is 0 Å². The molecule has 7 nitrogen and oxygen atoms in total. The lowest BCUT2D eigenvalue weighted by Gasteiger charge is -2.35. The number of hydrogen-bond acceptors (Lipinski definition) is 5. The predicted octanol–water partition coefficient (Wildman–Crippen LogP) is 3.25. The summed E-state index contributed by atoms with van der Waals surface area (Å²) >= 11 is 0. The maximum Gasteiger partial charge on any atom is 0.257 e. The third kappa shape index (κ3) is 6.19. The van der Waals surface area contributed by atoms with E-state index in [2.05, 4.69) is 31.0 Å². The highest BCUT2D eigenvalue weighted by Crippen LogP contribution is 2.26. The first kappa shape index (κ1) is 24.2. The number of carbonyl (C=O) groups is 2. The molecule has 1 aliphatic rings. The molecule has 2 rings (SSSR count). The highest BCUT2D eigenvalue weighted by atomic mass is 16.5. The van der Waals surface area contributed by atoms with E-state index in [0.717, 1.165) is 19.5 Å². The van der Waals surface area contributed by atoms with Crippen LogP contribution in [0.25, 0.3) is 0 Å². The van der Waals surface area contributed by atoms with E-state index in [-0.39, 0.29) is 29.9 Å². The van der Waals surface area contributed by atoms with Crippen LogP contribution in [0.4, 0.5) is 5.69 Å². The number of anilines is 1. The van der Waals surface area contributed by atoms with Gasteiger partial charge in [0.15, 0.2) is 0 Å². The Labute approximate surface area is 180 Å². The molecule has 0 aliphatic carbocycles. The van der Waals surface area contributed by atoms with Crippen molar-refractivity contribution in [3.05, 3.63) is 23.8 Å². The second-order valence-electron chi connectivity index (χ2n) is 8.20. The molecule has 2 amide bonds. The van der Waals surface area contributed by atoms with Crippen molar-refractivity contribution >= 4 is 17.5 Å². The number of nitrogens with zero attached hydrogens (tertiary/aromatic N) is 2. The number of likely N-dealkylation sites (N-methyl/N-ethyl adjacent to an activating group) is 1. The second kappa shape index (κ2) is 11.3. The van der Waals surface area contributed by atoms with Crippen LogP contribution in [0, 0.1) is 5.92 Å². The molecular weight excluding hydrogens is 382 g/mol. The zero-order chi connectivity index (χ0) is 22.3. The van der Waals surface area contributed by atoms with Crippen LogP contribution in [0.5, 0.6) is 5.75 Å². The summed E-state index contributed by atoms with van der Waals surface area (Å²) in [6, 6.07) is 5.45. The van der Waals surface area contributed by atoms with Crippen LogP contribution in [-0.4, -0.2) is 74.2 Å². The van der Waals surface area contributed by atoms with Crippen LogP contribution in [0.15, 0.2) is 18.2 Å². The Morgan fingerprint density at radius 1 is 1.27 bits per heavy atom. The Morgan fingerprint density at radius 2 is 2.00 bits per heavy atom. The van der Waals surface area contributed by atoms with E-state index in [1.807, 2.05) is 0 Å². The van der Waals surface area contributed by atoms with Gasteiger partial charge in [0.1, 0.15) is 12.4 Å². The zero-order valence-corrected chi connectivity index (χ0v) is 19.2. The van der Waals surface area contributed by atoms with Crippen molar-refractivity contribution < 1.29 is 19.1 Å². The third-order valence-corrected chi connectivity index (χ3v) is 5.69. The van der Waals surface area contributed by atoms with Gasteiger partial charge < -0.3 is 19.7 Å². The summed E-state index contributed by atoms with van der Waals surface area (Å²) < 4.78 is 11.9. The van der Waals surface area contributed by atoms with Crippen molar-refractivity contribution in [1.29, 1.82) is 0 Å². The standard InChI is InChI=1S/C23H37N3O4/c1-7-11-26-13-16(3)21(29-6)14-25(5)23(28)19-12-18(24-22(27)8-2)9-10-20(19)30-15-17(26)4/h9-10,12,16-17,21H,7-8,11,13-15H2,1-6H3,(H,24,27)/t16-,17+,21-/m1/s1. The van der Waals surface area contributed by atoms with Gasteiger partial charge in [0.2, 0.25) is 5.91 Å². The summed E-state index contributed by atoms with van der Waals surface area (Å²) in [5.74, 6) is 0.549. The van der Waals surface area contributed by atoms with Crippen molar-refractivity contribution in [2.45, 2.75) is 52.7 Å². The minimum atomic E-state index is -0.148. The molecule has 3 atom stereocenters. The van der Waals surface area contributed by atoms with Crippen LogP contribution in [-0.2, 0) is 9.53 Å². The Bertz CT molecular complexity index is 724. The van der Waals surface area contributed by atoms with E-state index >= 15 is 0 Å².